The second kappa shape index (κ2) is 9.15. The molecular formula is C21H22FN5O4S. The summed E-state index contributed by atoms with van der Waals surface area (Å²) < 4.78 is 41.0. The highest BCUT2D eigenvalue weighted by Crippen LogP contribution is 2.22. The number of rotatable bonds is 6. The molecule has 3 aromatic rings. The molecule has 0 atom stereocenters. The Morgan fingerprint density at radius 3 is 2.41 bits per heavy atom. The van der Waals surface area contributed by atoms with E-state index in [0.29, 0.717) is 55.4 Å². The van der Waals surface area contributed by atoms with Crippen LogP contribution in [0.15, 0.2) is 57.9 Å². The van der Waals surface area contributed by atoms with Gasteiger partial charge in [0.1, 0.15) is 5.82 Å². The first-order chi connectivity index (χ1) is 15.3. The van der Waals surface area contributed by atoms with E-state index < -0.39 is 10.0 Å². The number of nitrogens with two attached hydrogens (primary N) is 1. The summed E-state index contributed by atoms with van der Waals surface area (Å²) in [5, 5.41) is 11.9. The number of hydrogen-bond donors (Lipinski definition) is 2. The number of carbonyl (C=O) groups is 1. The van der Waals surface area contributed by atoms with Gasteiger partial charge in [0, 0.05) is 17.2 Å². The van der Waals surface area contributed by atoms with Gasteiger partial charge in [-0.2, -0.15) is 4.98 Å². The molecule has 0 bridgehead atoms. The van der Waals surface area contributed by atoms with Crippen LogP contribution in [0.4, 0.5) is 10.1 Å². The first-order valence-corrected chi connectivity index (χ1v) is 11.6. The van der Waals surface area contributed by atoms with Gasteiger partial charge < -0.3 is 9.84 Å². The average molecular weight is 460 g/mol. The quantitative estimate of drug-likeness (QED) is 0.578. The molecule has 2 heterocycles. The smallest absolute Gasteiger partial charge is 0.257 e. The van der Waals surface area contributed by atoms with E-state index in [1.54, 1.807) is 12.1 Å². The molecule has 4 rings (SSSR count). The molecule has 0 radical (unpaired) electrons. The molecule has 3 N–H and O–H groups in total. The molecule has 32 heavy (non-hydrogen) atoms. The Kier molecular flexibility index (Phi) is 6.31. The van der Waals surface area contributed by atoms with Crippen LogP contribution in [-0.2, 0) is 21.4 Å². The summed E-state index contributed by atoms with van der Waals surface area (Å²) in [6, 6.07) is 11.6. The van der Waals surface area contributed by atoms with Gasteiger partial charge in [0.25, 0.3) is 5.89 Å². The van der Waals surface area contributed by atoms with E-state index in [1.807, 2.05) is 0 Å². The van der Waals surface area contributed by atoms with Gasteiger partial charge >= 0.3 is 0 Å². The molecule has 1 saturated heterocycles. The zero-order chi connectivity index (χ0) is 22.7. The molecule has 1 aliphatic heterocycles. The van der Waals surface area contributed by atoms with Crippen molar-refractivity contribution in [1.82, 2.24) is 15.0 Å². The van der Waals surface area contributed by atoms with E-state index in [0.717, 1.165) is 0 Å². The van der Waals surface area contributed by atoms with Crippen LogP contribution in [0.1, 0.15) is 18.7 Å². The summed E-state index contributed by atoms with van der Waals surface area (Å²) in [5.74, 6) is 0.279. The Labute approximate surface area is 184 Å². The summed E-state index contributed by atoms with van der Waals surface area (Å²) in [4.78, 5) is 19.1. The third kappa shape index (κ3) is 5.36. The monoisotopic (exact) mass is 459 g/mol. The van der Waals surface area contributed by atoms with Gasteiger partial charge in [-0.05, 0) is 74.5 Å². The van der Waals surface area contributed by atoms with Crippen molar-refractivity contribution in [2.24, 2.45) is 11.1 Å². The highest BCUT2D eigenvalue weighted by molar-refractivity contribution is 7.89. The molecule has 168 valence electrons. The zero-order valence-electron chi connectivity index (χ0n) is 17.1. The lowest BCUT2D eigenvalue weighted by Crippen LogP contribution is -2.38. The SMILES string of the molecule is NS(=O)(=O)c1ccc(NC(=O)C2CCN(Cc3noc(-c4ccc(F)cc4)n3)CC2)cc1. The Balaban J connectivity index is 1.28. The highest BCUT2D eigenvalue weighted by Gasteiger charge is 2.26. The Morgan fingerprint density at radius 2 is 1.78 bits per heavy atom. The van der Waals surface area contributed by atoms with Crippen LogP contribution in [-0.4, -0.2) is 42.5 Å². The third-order valence-electron chi connectivity index (χ3n) is 5.33. The molecule has 2 aromatic carbocycles. The first kappa shape index (κ1) is 22.1. The Hall–Kier alpha value is -3.15. The molecule has 11 heteroatoms. The third-order valence-corrected chi connectivity index (χ3v) is 6.26. The maximum absolute atomic E-state index is 13.1. The van der Waals surface area contributed by atoms with Crippen molar-refractivity contribution in [1.29, 1.82) is 0 Å². The lowest BCUT2D eigenvalue weighted by Gasteiger charge is -2.30. The van der Waals surface area contributed by atoms with Crippen LogP contribution in [0, 0.1) is 11.7 Å². The van der Waals surface area contributed by atoms with Crippen molar-refractivity contribution in [3.63, 3.8) is 0 Å². The lowest BCUT2D eigenvalue weighted by molar-refractivity contribution is -0.121. The number of piperidine rings is 1. The maximum Gasteiger partial charge on any atom is 0.257 e. The number of hydrogen-bond acceptors (Lipinski definition) is 7. The van der Waals surface area contributed by atoms with E-state index in [2.05, 4.69) is 20.4 Å². The van der Waals surface area contributed by atoms with Crippen molar-refractivity contribution in [3.8, 4) is 11.5 Å². The topological polar surface area (TPSA) is 131 Å². The second-order valence-electron chi connectivity index (χ2n) is 7.63. The molecular weight excluding hydrogens is 437 g/mol. The van der Waals surface area contributed by atoms with Gasteiger partial charge in [0.15, 0.2) is 5.82 Å². The van der Waals surface area contributed by atoms with Crippen molar-refractivity contribution in [3.05, 3.63) is 60.2 Å². The van der Waals surface area contributed by atoms with Crippen molar-refractivity contribution >= 4 is 21.6 Å². The molecule has 1 aromatic heterocycles. The molecule has 1 aliphatic rings. The fourth-order valence-electron chi connectivity index (χ4n) is 3.55. The predicted octanol–water partition coefficient (Wildman–Crippen LogP) is 2.37. The number of halogens is 1. The fraction of sp³-hybridized carbons (Fsp3) is 0.286. The summed E-state index contributed by atoms with van der Waals surface area (Å²) in [5.41, 5.74) is 1.17. The van der Waals surface area contributed by atoms with Crippen molar-refractivity contribution in [2.45, 2.75) is 24.3 Å². The number of benzene rings is 2. The van der Waals surface area contributed by atoms with Gasteiger partial charge in [-0.3, -0.25) is 9.69 Å². The summed E-state index contributed by atoms with van der Waals surface area (Å²) in [6.45, 7) is 1.89. The largest absolute Gasteiger partial charge is 0.334 e. The second-order valence-corrected chi connectivity index (χ2v) is 9.19. The normalized spacial score (nSPS) is 15.6. The Morgan fingerprint density at radius 1 is 1.12 bits per heavy atom. The van der Waals surface area contributed by atoms with Gasteiger partial charge in [-0.15, -0.1) is 0 Å². The van der Waals surface area contributed by atoms with Gasteiger partial charge in [0.2, 0.25) is 15.9 Å². The van der Waals surface area contributed by atoms with Crippen molar-refractivity contribution in [2.75, 3.05) is 18.4 Å². The van der Waals surface area contributed by atoms with Gasteiger partial charge in [-0.25, -0.2) is 17.9 Å². The number of carbonyl (C=O) groups excluding carboxylic acids is 1. The van der Waals surface area contributed by atoms with Crippen LogP contribution in [0.5, 0.6) is 0 Å². The number of aromatic nitrogens is 2. The number of nitrogens with zero attached hydrogens (tertiary/aromatic N) is 3. The first-order valence-electron chi connectivity index (χ1n) is 10.0. The molecule has 1 amide bonds. The fourth-order valence-corrected chi connectivity index (χ4v) is 4.07. The molecule has 0 spiro atoms. The zero-order valence-corrected chi connectivity index (χ0v) is 17.9. The molecule has 0 saturated carbocycles. The van der Waals surface area contributed by atoms with Gasteiger partial charge in [0.05, 0.1) is 11.4 Å². The predicted molar refractivity (Wildman–Crippen MR) is 114 cm³/mol. The van der Waals surface area contributed by atoms with E-state index in [1.165, 1.54) is 36.4 Å². The number of primary sulfonamides is 1. The van der Waals surface area contributed by atoms with Crippen LogP contribution >= 0.6 is 0 Å². The molecule has 0 unspecified atom stereocenters. The highest BCUT2D eigenvalue weighted by atomic mass is 32.2. The van der Waals surface area contributed by atoms with Crippen LogP contribution in [0.2, 0.25) is 0 Å². The standard InChI is InChI=1S/C21H22FN5O4S/c22-16-3-1-15(2-4-16)21-25-19(26-31-21)13-27-11-9-14(10-12-27)20(28)24-17-5-7-18(8-6-17)32(23,29)30/h1-8,14H,9-13H2,(H,24,28)(H2,23,29,30). The van der Waals surface area contributed by atoms with E-state index in [-0.39, 0.29) is 22.5 Å². The van der Waals surface area contributed by atoms with Crippen LogP contribution < -0.4 is 10.5 Å². The molecule has 1 fully saturated rings. The minimum absolute atomic E-state index is 0.00661. The van der Waals surface area contributed by atoms with E-state index in [4.69, 9.17) is 9.66 Å². The van der Waals surface area contributed by atoms with Crippen LogP contribution in [0.25, 0.3) is 11.5 Å². The average Bonchev–Trinajstić information content (AvgIpc) is 3.23. The number of amides is 1. The van der Waals surface area contributed by atoms with Crippen LogP contribution in [0.3, 0.4) is 0 Å². The van der Waals surface area contributed by atoms with E-state index >= 15 is 0 Å². The number of sulfonamides is 1. The number of anilines is 1. The number of likely N-dealkylation sites (tertiary alicyclic amines) is 1. The Bertz CT molecular complexity index is 1190. The lowest BCUT2D eigenvalue weighted by atomic mass is 9.96. The minimum Gasteiger partial charge on any atom is -0.334 e. The molecule has 9 nitrogen and oxygen atoms in total. The van der Waals surface area contributed by atoms with Gasteiger partial charge in [-0.1, -0.05) is 5.16 Å². The summed E-state index contributed by atoms with van der Waals surface area (Å²) in [7, 11) is -3.77. The van der Waals surface area contributed by atoms with E-state index in [9.17, 15) is 17.6 Å². The summed E-state index contributed by atoms with van der Waals surface area (Å²) >= 11 is 0. The maximum atomic E-state index is 13.1. The molecule has 0 aliphatic carbocycles. The van der Waals surface area contributed by atoms with Crippen molar-refractivity contribution < 1.29 is 22.1 Å². The summed E-state index contributed by atoms with van der Waals surface area (Å²) in [6.07, 6.45) is 1.34. The number of nitrogens with one attached hydrogen (secondary N) is 1. The minimum atomic E-state index is -3.77.